The van der Waals surface area contributed by atoms with E-state index >= 15 is 0 Å². The highest BCUT2D eigenvalue weighted by Crippen LogP contribution is 2.36. The van der Waals surface area contributed by atoms with Crippen molar-refractivity contribution >= 4 is 13.6 Å². The van der Waals surface area contributed by atoms with Gasteiger partial charge in [0.1, 0.15) is 0 Å². The van der Waals surface area contributed by atoms with Crippen molar-refractivity contribution in [1.82, 2.24) is 0 Å². The Morgan fingerprint density at radius 2 is 1.45 bits per heavy atom. The molecule has 0 aromatic heterocycles. The quantitative estimate of drug-likeness (QED) is 0.614. The summed E-state index contributed by atoms with van der Waals surface area (Å²) in [6, 6.07) is 16.1. The minimum absolute atomic E-state index is 0.273. The number of phosphoric ester groups is 1. The third-order valence-electron chi connectivity index (χ3n) is 2.63. The molecule has 104 valence electrons. The summed E-state index contributed by atoms with van der Waals surface area (Å²) in [5.41, 5.74) is 0.586. The lowest BCUT2D eigenvalue weighted by molar-refractivity contribution is -0.343. The molecule has 0 aliphatic rings. The van der Waals surface area contributed by atoms with Crippen LogP contribution in [-0.4, -0.2) is 5.78 Å². The van der Waals surface area contributed by atoms with Crippen LogP contribution >= 0.6 is 7.82 Å². The summed E-state index contributed by atoms with van der Waals surface area (Å²) in [4.78, 5) is 34.0. The fraction of sp³-hybridized carbons (Fsp3) is 0.0714. The second kappa shape index (κ2) is 6.11. The number of Topliss-reactive ketones (excluding diaryl/α,β-unsaturated/α-hetero) is 1. The van der Waals surface area contributed by atoms with E-state index in [1.165, 1.54) is 24.3 Å². The van der Waals surface area contributed by atoms with Crippen molar-refractivity contribution in [2.45, 2.75) is 6.10 Å². The van der Waals surface area contributed by atoms with Crippen molar-refractivity contribution in [1.29, 1.82) is 0 Å². The molecular weight excluding hydrogens is 279 g/mol. The minimum Gasteiger partial charge on any atom is -0.790 e. The number of hydrogen-bond acceptors (Lipinski definition) is 5. The van der Waals surface area contributed by atoms with Crippen LogP contribution in [0, 0.1) is 0 Å². The van der Waals surface area contributed by atoms with E-state index in [1.807, 2.05) is 0 Å². The summed E-state index contributed by atoms with van der Waals surface area (Å²) < 4.78 is 15.3. The first-order valence-electron chi connectivity index (χ1n) is 5.82. The lowest BCUT2D eigenvalue weighted by atomic mass is 10.0. The maximum atomic E-state index is 12.3. The van der Waals surface area contributed by atoms with Crippen LogP contribution in [0.15, 0.2) is 60.7 Å². The van der Waals surface area contributed by atoms with Gasteiger partial charge in [-0.2, -0.15) is 0 Å². The molecule has 0 spiro atoms. The van der Waals surface area contributed by atoms with E-state index in [0.717, 1.165) is 0 Å². The van der Waals surface area contributed by atoms with Crippen molar-refractivity contribution in [3.05, 3.63) is 71.8 Å². The van der Waals surface area contributed by atoms with Crippen molar-refractivity contribution in [3.63, 3.8) is 0 Å². The zero-order chi connectivity index (χ0) is 14.6. The largest absolute Gasteiger partial charge is 0.790 e. The number of hydrogen-bond donors (Lipinski definition) is 0. The fourth-order valence-electron chi connectivity index (χ4n) is 1.77. The van der Waals surface area contributed by atoms with Crippen LogP contribution < -0.4 is 9.79 Å². The second-order valence-corrected chi connectivity index (χ2v) is 5.18. The third-order valence-corrected chi connectivity index (χ3v) is 3.10. The average Bonchev–Trinajstić information content (AvgIpc) is 2.45. The normalized spacial score (nSPS) is 12.9. The molecule has 0 radical (unpaired) electrons. The molecule has 0 aliphatic heterocycles. The molecule has 5 nitrogen and oxygen atoms in total. The van der Waals surface area contributed by atoms with E-state index in [9.17, 15) is 19.1 Å². The highest BCUT2D eigenvalue weighted by Gasteiger charge is 2.23. The molecule has 0 heterocycles. The lowest BCUT2D eigenvalue weighted by Crippen LogP contribution is -2.23. The predicted molar refractivity (Wildman–Crippen MR) is 68.6 cm³/mol. The Kier molecular flexibility index (Phi) is 4.47. The van der Waals surface area contributed by atoms with Crippen molar-refractivity contribution in [2.75, 3.05) is 0 Å². The second-order valence-electron chi connectivity index (χ2n) is 4.07. The first-order chi connectivity index (χ1) is 9.47. The van der Waals surface area contributed by atoms with Gasteiger partial charge >= 0.3 is 0 Å². The molecule has 0 amide bonds. The van der Waals surface area contributed by atoms with E-state index < -0.39 is 19.7 Å². The van der Waals surface area contributed by atoms with E-state index in [1.54, 1.807) is 36.4 Å². The van der Waals surface area contributed by atoms with Crippen molar-refractivity contribution in [2.24, 2.45) is 0 Å². The Bertz CT molecular complexity index is 621. The summed E-state index contributed by atoms with van der Waals surface area (Å²) in [6.45, 7) is 0. The smallest absolute Gasteiger partial charge is 0.196 e. The third kappa shape index (κ3) is 3.85. The van der Waals surface area contributed by atoms with E-state index in [4.69, 9.17) is 0 Å². The van der Waals surface area contributed by atoms with Gasteiger partial charge in [-0.1, -0.05) is 60.7 Å². The maximum Gasteiger partial charge on any atom is 0.196 e. The Hall–Kier alpha value is -1.78. The zero-order valence-electron chi connectivity index (χ0n) is 10.3. The van der Waals surface area contributed by atoms with Crippen LogP contribution in [0.25, 0.3) is 0 Å². The maximum absolute atomic E-state index is 12.3. The SMILES string of the molecule is O=C(c1ccccc1)C(OP(=O)([O-])[O-])c1ccccc1. The monoisotopic (exact) mass is 290 g/mol. The van der Waals surface area contributed by atoms with Gasteiger partial charge in [-0.25, -0.2) is 0 Å². The van der Waals surface area contributed by atoms with Crippen LogP contribution in [0.5, 0.6) is 0 Å². The average molecular weight is 290 g/mol. The Morgan fingerprint density at radius 3 is 1.95 bits per heavy atom. The minimum atomic E-state index is -5.28. The highest BCUT2D eigenvalue weighted by molar-refractivity contribution is 7.43. The summed E-state index contributed by atoms with van der Waals surface area (Å²) in [6.07, 6.45) is -1.46. The topological polar surface area (TPSA) is 89.5 Å². The predicted octanol–water partition coefficient (Wildman–Crippen LogP) is 1.46. The van der Waals surface area contributed by atoms with Crippen LogP contribution in [-0.2, 0) is 9.09 Å². The molecule has 6 heteroatoms. The van der Waals surface area contributed by atoms with E-state index in [-0.39, 0.29) is 5.56 Å². The molecule has 2 aromatic carbocycles. The van der Waals surface area contributed by atoms with Crippen molar-refractivity contribution < 1.29 is 23.7 Å². The number of carbonyl (C=O) groups excluding carboxylic acids is 1. The Labute approximate surface area is 116 Å². The van der Waals surface area contributed by atoms with Crippen LogP contribution in [0.4, 0.5) is 0 Å². The molecule has 0 fully saturated rings. The van der Waals surface area contributed by atoms with Gasteiger partial charge in [0.2, 0.25) is 0 Å². The zero-order valence-corrected chi connectivity index (χ0v) is 11.2. The summed E-state index contributed by atoms with van der Waals surface area (Å²) in [7, 11) is -5.28. The van der Waals surface area contributed by atoms with Crippen LogP contribution in [0.1, 0.15) is 22.0 Å². The van der Waals surface area contributed by atoms with Gasteiger partial charge in [-0.3, -0.25) is 4.79 Å². The summed E-state index contributed by atoms with van der Waals surface area (Å²) in [5.74, 6) is -0.580. The highest BCUT2D eigenvalue weighted by atomic mass is 31.2. The Balaban J connectivity index is 2.37. The fourth-order valence-corrected chi connectivity index (χ4v) is 2.25. The van der Waals surface area contributed by atoms with Gasteiger partial charge < -0.3 is 18.9 Å². The van der Waals surface area contributed by atoms with Gasteiger partial charge in [-0.05, 0) is 5.56 Å². The molecule has 1 atom stereocenters. The molecule has 2 rings (SSSR count). The van der Waals surface area contributed by atoms with Gasteiger partial charge in [0.25, 0.3) is 0 Å². The lowest BCUT2D eigenvalue weighted by Gasteiger charge is -2.33. The molecule has 0 bridgehead atoms. The number of rotatable bonds is 5. The van der Waals surface area contributed by atoms with E-state index in [2.05, 4.69) is 4.52 Å². The van der Waals surface area contributed by atoms with Gasteiger partial charge in [-0.15, -0.1) is 0 Å². The number of phosphoric acid groups is 1. The summed E-state index contributed by atoms with van der Waals surface area (Å²) in [5, 5.41) is 0. The number of benzene rings is 2. The van der Waals surface area contributed by atoms with Gasteiger partial charge in [0.15, 0.2) is 11.9 Å². The molecule has 1 unspecified atom stereocenters. The standard InChI is InChI=1S/C14H13O5P/c15-13(11-7-3-1-4-8-11)14(19-20(16,17)18)12-9-5-2-6-10-12/h1-10,14H,(H2,16,17,18)/p-2. The molecule has 20 heavy (non-hydrogen) atoms. The van der Waals surface area contributed by atoms with Gasteiger partial charge in [0, 0.05) is 5.56 Å². The van der Waals surface area contributed by atoms with E-state index in [0.29, 0.717) is 5.56 Å². The molecule has 0 saturated heterocycles. The van der Waals surface area contributed by atoms with Crippen LogP contribution in [0.3, 0.4) is 0 Å². The first kappa shape index (κ1) is 14.6. The first-order valence-corrected chi connectivity index (χ1v) is 7.28. The van der Waals surface area contributed by atoms with Crippen molar-refractivity contribution in [3.8, 4) is 0 Å². The molecular formula is C14H11O5P-2. The van der Waals surface area contributed by atoms with Gasteiger partial charge in [0.05, 0.1) is 7.82 Å². The molecule has 2 aromatic rings. The Morgan fingerprint density at radius 1 is 0.950 bits per heavy atom. The number of ketones is 1. The molecule has 0 aliphatic carbocycles. The molecule has 0 N–H and O–H groups in total. The summed E-state index contributed by atoms with van der Waals surface area (Å²) >= 11 is 0. The number of carbonyl (C=O) groups is 1. The van der Waals surface area contributed by atoms with Crippen LogP contribution in [0.2, 0.25) is 0 Å². The molecule has 0 saturated carbocycles.